The first-order valence-electron chi connectivity index (χ1n) is 6.60. The highest BCUT2D eigenvalue weighted by molar-refractivity contribution is 5.86. The van der Waals surface area contributed by atoms with Crippen molar-refractivity contribution in [1.82, 2.24) is 16.2 Å². The smallest absolute Gasteiger partial charge is 0.255 e. The van der Waals surface area contributed by atoms with E-state index in [4.69, 9.17) is 0 Å². The van der Waals surface area contributed by atoms with Crippen molar-refractivity contribution in [2.24, 2.45) is 5.92 Å². The first kappa shape index (κ1) is 12.4. The molecule has 5 heteroatoms. The highest BCUT2D eigenvalue weighted by atomic mass is 16.2. The van der Waals surface area contributed by atoms with E-state index in [1.165, 1.54) is 6.42 Å². The Morgan fingerprint density at radius 3 is 2.24 bits per heavy atom. The van der Waals surface area contributed by atoms with Gasteiger partial charge in [-0.05, 0) is 32.2 Å². The van der Waals surface area contributed by atoms with Crippen LogP contribution in [0.4, 0.5) is 0 Å². The minimum atomic E-state index is -0.137. The number of nitrogens with one attached hydrogen (secondary N) is 3. The highest BCUT2D eigenvalue weighted by Crippen LogP contribution is 2.23. The molecule has 0 spiro atoms. The molecule has 0 bridgehead atoms. The zero-order valence-corrected chi connectivity index (χ0v) is 10.1. The highest BCUT2D eigenvalue weighted by Gasteiger charge is 2.24. The third-order valence-electron chi connectivity index (χ3n) is 3.66. The van der Waals surface area contributed by atoms with Gasteiger partial charge in [0, 0.05) is 5.92 Å². The van der Waals surface area contributed by atoms with Gasteiger partial charge in [0.25, 0.3) is 5.91 Å². The van der Waals surface area contributed by atoms with Crippen LogP contribution in [0.25, 0.3) is 0 Å². The molecule has 1 saturated heterocycles. The summed E-state index contributed by atoms with van der Waals surface area (Å²) in [5, 5.41) is 3.10. The van der Waals surface area contributed by atoms with Crippen LogP contribution in [0.5, 0.6) is 0 Å². The van der Waals surface area contributed by atoms with E-state index in [9.17, 15) is 9.59 Å². The molecule has 0 radical (unpaired) electrons. The molecular formula is C12H21N3O2. The van der Waals surface area contributed by atoms with Crippen molar-refractivity contribution in [3.63, 3.8) is 0 Å². The quantitative estimate of drug-likeness (QED) is 0.613. The fraction of sp³-hybridized carbons (Fsp3) is 0.833. The van der Waals surface area contributed by atoms with Gasteiger partial charge in [0.1, 0.15) is 0 Å². The fourth-order valence-electron chi connectivity index (χ4n) is 2.59. The van der Waals surface area contributed by atoms with Crippen LogP contribution in [0, 0.1) is 5.92 Å². The largest absolute Gasteiger partial charge is 0.306 e. The Hall–Kier alpha value is -1.10. The van der Waals surface area contributed by atoms with Crippen LogP contribution in [-0.4, -0.2) is 24.4 Å². The lowest BCUT2D eigenvalue weighted by atomic mass is 9.89. The molecule has 3 N–H and O–H groups in total. The van der Waals surface area contributed by atoms with Crippen LogP contribution >= 0.6 is 0 Å². The van der Waals surface area contributed by atoms with E-state index in [1.54, 1.807) is 0 Å². The maximum atomic E-state index is 11.8. The summed E-state index contributed by atoms with van der Waals surface area (Å²) in [6.07, 6.45) is 7.24. The van der Waals surface area contributed by atoms with Crippen LogP contribution in [0.3, 0.4) is 0 Å². The second kappa shape index (κ2) is 6.00. The lowest BCUT2D eigenvalue weighted by Crippen LogP contribution is -2.50. The molecule has 96 valence electrons. The van der Waals surface area contributed by atoms with Crippen molar-refractivity contribution in [3.05, 3.63) is 0 Å². The molecule has 1 aliphatic carbocycles. The lowest BCUT2D eigenvalue weighted by Gasteiger charge is -2.21. The summed E-state index contributed by atoms with van der Waals surface area (Å²) in [4.78, 5) is 23.4. The molecule has 17 heavy (non-hydrogen) atoms. The van der Waals surface area contributed by atoms with Crippen molar-refractivity contribution in [2.45, 2.75) is 51.0 Å². The van der Waals surface area contributed by atoms with Crippen molar-refractivity contribution in [2.75, 3.05) is 6.54 Å². The van der Waals surface area contributed by atoms with E-state index in [1.807, 2.05) is 0 Å². The zero-order chi connectivity index (χ0) is 12.1. The predicted molar refractivity (Wildman–Crippen MR) is 63.9 cm³/mol. The monoisotopic (exact) mass is 239 g/mol. The van der Waals surface area contributed by atoms with Gasteiger partial charge in [0.05, 0.1) is 6.04 Å². The Morgan fingerprint density at radius 1 is 0.882 bits per heavy atom. The van der Waals surface area contributed by atoms with E-state index in [-0.39, 0.29) is 23.8 Å². The number of carbonyl (C=O) groups excluding carboxylic acids is 2. The molecule has 0 aromatic carbocycles. The first-order valence-corrected chi connectivity index (χ1v) is 6.60. The molecule has 0 aromatic rings. The standard InChI is InChI=1S/C12H21N3O2/c16-11(9-5-2-1-3-6-9)14-15-12(17)10-7-4-8-13-10/h9-10,13H,1-8H2,(H,14,16)(H,15,17). The van der Waals surface area contributed by atoms with Gasteiger partial charge in [-0.15, -0.1) is 0 Å². The van der Waals surface area contributed by atoms with Crippen LogP contribution in [0.1, 0.15) is 44.9 Å². The van der Waals surface area contributed by atoms with E-state index < -0.39 is 0 Å². The first-order chi connectivity index (χ1) is 8.27. The number of hydrazine groups is 1. The van der Waals surface area contributed by atoms with Gasteiger partial charge >= 0.3 is 0 Å². The molecule has 2 aliphatic rings. The van der Waals surface area contributed by atoms with E-state index in [2.05, 4.69) is 16.2 Å². The topological polar surface area (TPSA) is 70.2 Å². The maximum absolute atomic E-state index is 11.8. The summed E-state index contributed by atoms with van der Waals surface area (Å²) in [5.41, 5.74) is 5.07. The molecule has 2 amide bonds. The molecule has 1 aliphatic heterocycles. The van der Waals surface area contributed by atoms with Gasteiger partial charge in [0.2, 0.25) is 5.91 Å². The third kappa shape index (κ3) is 3.43. The third-order valence-corrected chi connectivity index (χ3v) is 3.66. The summed E-state index contributed by atoms with van der Waals surface area (Å²) < 4.78 is 0. The molecular weight excluding hydrogens is 218 g/mol. The molecule has 1 heterocycles. The van der Waals surface area contributed by atoms with E-state index >= 15 is 0 Å². The molecule has 0 aromatic heterocycles. The Bertz CT molecular complexity index is 281. The molecule has 1 unspecified atom stereocenters. The lowest BCUT2D eigenvalue weighted by molar-refractivity contribution is -0.132. The van der Waals surface area contributed by atoms with Crippen LogP contribution < -0.4 is 16.2 Å². The molecule has 2 fully saturated rings. The number of hydrogen-bond acceptors (Lipinski definition) is 3. The normalized spacial score (nSPS) is 25.5. The Labute approximate surface area is 102 Å². The van der Waals surface area contributed by atoms with Crippen molar-refractivity contribution >= 4 is 11.8 Å². The Kier molecular flexibility index (Phi) is 4.36. The second-order valence-electron chi connectivity index (χ2n) is 4.96. The number of carbonyl (C=O) groups is 2. The summed E-state index contributed by atoms with van der Waals surface area (Å²) in [5.74, 6) is -0.0664. The van der Waals surface area contributed by atoms with Gasteiger partial charge < -0.3 is 5.32 Å². The molecule has 1 atom stereocenters. The van der Waals surface area contributed by atoms with Gasteiger partial charge in [-0.2, -0.15) is 0 Å². The second-order valence-corrected chi connectivity index (χ2v) is 4.96. The minimum absolute atomic E-state index is 0.0314. The van der Waals surface area contributed by atoms with Crippen LogP contribution in [0.2, 0.25) is 0 Å². The van der Waals surface area contributed by atoms with Crippen molar-refractivity contribution < 1.29 is 9.59 Å². The van der Waals surface area contributed by atoms with Gasteiger partial charge in [-0.25, -0.2) is 0 Å². The van der Waals surface area contributed by atoms with Crippen molar-refractivity contribution in [3.8, 4) is 0 Å². The Balaban J connectivity index is 1.69. The van der Waals surface area contributed by atoms with Gasteiger partial charge in [-0.3, -0.25) is 20.4 Å². The van der Waals surface area contributed by atoms with Crippen LogP contribution in [0.15, 0.2) is 0 Å². The summed E-state index contributed by atoms with van der Waals surface area (Å²) in [7, 11) is 0. The van der Waals surface area contributed by atoms with Crippen molar-refractivity contribution in [1.29, 1.82) is 0 Å². The SMILES string of the molecule is O=C(NNC(=O)C1CCCN1)C1CCCCC1. The predicted octanol–water partition coefficient (Wildman–Crippen LogP) is 0.466. The van der Waals surface area contributed by atoms with E-state index in [0.29, 0.717) is 0 Å². The minimum Gasteiger partial charge on any atom is -0.306 e. The number of amides is 2. The summed E-state index contributed by atoms with van der Waals surface area (Å²) in [6.45, 7) is 0.884. The Morgan fingerprint density at radius 2 is 1.59 bits per heavy atom. The average Bonchev–Trinajstić information content (AvgIpc) is 2.90. The number of rotatable bonds is 2. The zero-order valence-electron chi connectivity index (χ0n) is 10.1. The molecule has 2 rings (SSSR count). The van der Waals surface area contributed by atoms with Gasteiger partial charge in [-0.1, -0.05) is 19.3 Å². The summed E-state index contributed by atoms with van der Waals surface area (Å²) >= 11 is 0. The number of hydrogen-bond donors (Lipinski definition) is 3. The van der Waals surface area contributed by atoms with Gasteiger partial charge in [0.15, 0.2) is 0 Å². The fourth-order valence-corrected chi connectivity index (χ4v) is 2.59. The molecule has 5 nitrogen and oxygen atoms in total. The van der Waals surface area contributed by atoms with E-state index in [0.717, 1.165) is 45.1 Å². The summed E-state index contributed by atoms with van der Waals surface area (Å²) in [6, 6.07) is -0.137. The van der Waals surface area contributed by atoms with Crippen LogP contribution in [-0.2, 0) is 9.59 Å². The average molecular weight is 239 g/mol. The molecule has 1 saturated carbocycles. The maximum Gasteiger partial charge on any atom is 0.255 e.